The summed E-state index contributed by atoms with van der Waals surface area (Å²) in [5.41, 5.74) is 4.40. The first kappa shape index (κ1) is 31.2. The molecule has 1 N–H and O–H groups in total. The van der Waals surface area contributed by atoms with E-state index in [9.17, 15) is 0 Å². The second kappa shape index (κ2) is 13.4. The van der Waals surface area contributed by atoms with Gasteiger partial charge < -0.3 is 29.2 Å². The summed E-state index contributed by atoms with van der Waals surface area (Å²) in [6, 6.07) is 11.8. The van der Waals surface area contributed by atoms with E-state index in [2.05, 4.69) is 38.3 Å². The van der Waals surface area contributed by atoms with E-state index in [-0.39, 0.29) is 6.23 Å². The summed E-state index contributed by atoms with van der Waals surface area (Å²) >= 11 is 0. The van der Waals surface area contributed by atoms with Gasteiger partial charge in [0.1, 0.15) is 40.6 Å². The van der Waals surface area contributed by atoms with Crippen LogP contribution in [0.5, 0.6) is 23.1 Å². The standard InChI is InChI=1S/C35H39N9O4/c1-6-43(24-18-39-42(3)20-24)30-16-27-32(34(38-21-37-27)36-17-23-11-12-25(45-4)15-29(23)46-5)35(41-30)48-33-22(2)10-13-28-26(33)19-40-44(28)31-9-7-8-14-47-31/h10-13,15-16,18-21,31H,6-9,14,17H2,1-5H3,(H,36,37,38). The molecule has 0 radical (unpaired) electrons. The van der Waals surface area contributed by atoms with E-state index < -0.39 is 0 Å². The highest BCUT2D eigenvalue weighted by atomic mass is 16.5. The molecule has 0 saturated carbocycles. The number of nitrogens with one attached hydrogen (secondary N) is 1. The third kappa shape index (κ3) is 5.92. The van der Waals surface area contributed by atoms with Crippen LogP contribution in [0.2, 0.25) is 0 Å². The van der Waals surface area contributed by atoms with Crippen molar-refractivity contribution in [3.63, 3.8) is 0 Å². The molecule has 13 nitrogen and oxygen atoms in total. The predicted molar refractivity (Wildman–Crippen MR) is 183 cm³/mol. The zero-order valence-electron chi connectivity index (χ0n) is 27.8. The van der Waals surface area contributed by atoms with Gasteiger partial charge in [0.05, 0.1) is 48.7 Å². The van der Waals surface area contributed by atoms with Crippen molar-refractivity contribution < 1.29 is 18.9 Å². The Morgan fingerprint density at radius 1 is 1.04 bits per heavy atom. The Kier molecular flexibility index (Phi) is 8.68. The Balaban J connectivity index is 1.34. The summed E-state index contributed by atoms with van der Waals surface area (Å²) in [6.45, 7) is 5.91. The lowest BCUT2D eigenvalue weighted by atomic mass is 10.1. The lowest BCUT2D eigenvalue weighted by Crippen LogP contribution is -2.18. The van der Waals surface area contributed by atoms with Crippen LogP contribution in [0.1, 0.15) is 43.5 Å². The summed E-state index contributed by atoms with van der Waals surface area (Å²) in [5, 5.41) is 14.1. The number of anilines is 3. The van der Waals surface area contributed by atoms with E-state index >= 15 is 0 Å². The molecule has 1 unspecified atom stereocenters. The van der Waals surface area contributed by atoms with Gasteiger partial charge in [-0.1, -0.05) is 6.07 Å². The van der Waals surface area contributed by atoms with Crippen molar-refractivity contribution in [3.05, 3.63) is 72.4 Å². The van der Waals surface area contributed by atoms with Gasteiger partial charge in [0.15, 0.2) is 6.23 Å². The average Bonchev–Trinajstić information content (AvgIpc) is 3.75. The van der Waals surface area contributed by atoms with Crippen LogP contribution in [-0.2, 0) is 18.3 Å². The number of nitrogens with zero attached hydrogens (tertiary/aromatic N) is 8. The monoisotopic (exact) mass is 649 g/mol. The van der Waals surface area contributed by atoms with Crippen molar-refractivity contribution in [2.24, 2.45) is 7.05 Å². The lowest BCUT2D eigenvalue weighted by molar-refractivity contribution is -0.0366. The number of fused-ring (bicyclic) bond motifs is 2. The number of aryl methyl sites for hydroxylation is 2. The molecule has 0 amide bonds. The van der Waals surface area contributed by atoms with Gasteiger partial charge in [-0.2, -0.15) is 15.2 Å². The number of pyridine rings is 1. The number of aromatic nitrogens is 7. The zero-order valence-corrected chi connectivity index (χ0v) is 27.8. The molecule has 1 aliphatic rings. The maximum atomic E-state index is 6.87. The van der Waals surface area contributed by atoms with Gasteiger partial charge in [0.2, 0.25) is 5.88 Å². The predicted octanol–water partition coefficient (Wildman–Crippen LogP) is 6.70. The molecule has 1 aliphatic heterocycles. The normalized spacial score (nSPS) is 14.7. The minimum atomic E-state index is -0.106. The summed E-state index contributed by atoms with van der Waals surface area (Å²) in [6.07, 6.45) is 10.1. The molecular weight excluding hydrogens is 610 g/mol. The molecule has 6 aromatic rings. The highest BCUT2D eigenvalue weighted by Gasteiger charge is 2.24. The van der Waals surface area contributed by atoms with Crippen molar-refractivity contribution in [2.75, 3.05) is 37.6 Å². The highest BCUT2D eigenvalue weighted by molar-refractivity contribution is 5.96. The SMILES string of the molecule is CCN(c1cnn(C)c1)c1cc2ncnc(NCc3ccc(OC)cc3OC)c2c(Oc2c(C)ccc3c2cnn3C2CCCCO2)n1. The van der Waals surface area contributed by atoms with E-state index in [0.29, 0.717) is 58.8 Å². The number of methoxy groups -OCH3 is 2. The minimum Gasteiger partial charge on any atom is -0.497 e. The number of ether oxygens (including phenoxy) is 4. The fourth-order valence-corrected chi connectivity index (χ4v) is 6.16. The van der Waals surface area contributed by atoms with Crippen LogP contribution in [0, 0.1) is 6.92 Å². The van der Waals surface area contributed by atoms with Crippen molar-refractivity contribution in [1.82, 2.24) is 34.5 Å². The first-order valence-corrected chi connectivity index (χ1v) is 16.1. The highest BCUT2D eigenvalue weighted by Crippen LogP contribution is 2.40. The summed E-state index contributed by atoms with van der Waals surface area (Å²) < 4.78 is 27.7. The summed E-state index contributed by atoms with van der Waals surface area (Å²) in [4.78, 5) is 16.5. The Labute approximate surface area is 278 Å². The van der Waals surface area contributed by atoms with Gasteiger partial charge in [-0.25, -0.2) is 14.6 Å². The quantitative estimate of drug-likeness (QED) is 0.161. The number of hydrogen-bond donors (Lipinski definition) is 1. The second-order valence-electron chi connectivity index (χ2n) is 11.7. The van der Waals surface area contributed by atoms with Crippen molar-refractivity contribution in [2.45, 2.75) is 45.9 Å². The summed E-state index contributed by atoms with van der Waals surface area (Å²) in [7, 11) is 5.17. The molecule has 1 fully saturated rings. The average molecular weight is 650 g/mol. The number of rotatable bonds is 11. The largest absolute Gasteiger partial charge is 0.497 e. The third-order valence-corrected chi connectivity index (χ3v) is 8.66. The molecule has 5 heterocycles. The van der Waals surface area contributed by atoms with Crippen LogP contribution in [-0.4, -0.2) is 61.9 Å². The van der Waals surface area contributed by atoms with Gasteiger partial charge in [0.25, 0.3) is 0 Å². The lowest BCUT2D eigenvalue weighted by Gasteiger charge is -2.24. The van der Waals surface area contributed by atoms with Gasteiger partial charge >= 0.3 is 0 Å². The molecule has 4 aromatic heterocycles. The Morgan fingerprint density at radius 2 is 1.94 bits per heavy atom. The Morgan fingerprint density at radius 3 is 2.69 bits per heavy atom. The second-order valence-corrected chi connectivity index (χ2v) is 11.7. The van der Waals surface area contributed by atoms with Crippen molar-refractivity contribution in [1.29, 1.82) is 0 Å². The molecule has 7 rings (SSSR count). The van der Waals surface area contributed by atoms with Crippen LogP contribution in [0.15, 0.2) is 61.3 Å². The maximum absolute atomic E-state index is 6.87. The molecule has 0 aliphatic carbocycles. The topological polar surface area (TPSA) is 127 Å². The number of hydrogen-bond acceptors (Lipinski definition) is 11. The van der Waals surface area contributed by atoms with Crippen LogP contribution < -0.4 is 24.4 Å². The molecule has 1 atom stereocenters. The third-order valence-electron chi connectivity index (χ3n) is 8.66. The number of benzene rings is 2. The molecule has 0 spiro atoms. The smallest absolute Gasteiger partial charge is 0.234 e. The van der Waals surface area contributed by atoms with Crippen molar-refractivity contribution in [3.8, 4) is 23.1 Å². The van der Waals surface area contributed by atoms with E-state index in [0.717, 1.165) is 53.6 Å². The first-order valence-electron chi connectivity index (χ1n) is 16.1. The van der Waals surface area contributed by atoms with E-state index in [1.54, 1.807) is 25.2 Å². The molecule has 248 valence electrons. The Hall–Kier alpha value is -5.43. The fraction of sp³-hybridized carbons (Fsp3) is 0.343. The maximum Gasteiger partial charge on any atom is 0.234 e. The molecular formula is C35H39N9O4. The zero-order chi connectivity index (χ0) is 33.2. The van der Waals surface area contributed by atoms with Gasteiger partial charge in [-0.15, -0.1) is 0 Å². The minimum absolute atomic E-state index is 0.106. The molecule has 0 bridgehead atoms. The van der Waals surface area contributed by atoms with E-state index in [1.165, 1.54) is 0 Å². The van der Waals surface area contributed by atoms with Gasteiger partial charge in [-0.05, 0) is 56.9 Å². The van der Waals surface area contributed by atoms with E-state index in [1.807, 2.05) is 67.6 Å². The molecule has 2 aromatic carbocycles. The molecule has 13 heteroatoms. The van der Waals surface area contributed by atoms with Crippen LogP contribution in [0.3, 0.4) is 0 Å². The van der Waals surface area contributed by atoms with Crippen LogP contribution in [0.25, 0.3) is 21.8 Å². The van der Waals surface area contributed by atoms with Gasteiger partial charge in [-0.3, -0.25) is 4.68 Å². The fourth-order valence-electron chi connectivity index (χ4n) is 6.16. The molecule has 48 heavy (non-hydrogen) atoms. The van der Waals surface area contributed by atoms with Gasteiger partial charge in [0, 0.05) is 50.6 Å². The van der Waals surface area contributed by atoms with Crippen LogP contribution in [0.4, 0.5) is 17.3 Å². The first-order chi connectivity index (χ1) is 23.5. The van der Waals surface area contributed by atoms with Crippen molar-refractivity contribution >= 4 is 39.1 Å². The van der Waals surface area contributed by atoms with E-state index in [4.69, 9.17) is 29.0 Å². The summed E-state index contributed by atoms with van der Waals surface area (Å²) in [5.74, 6) is 3.70. The molecule has 1 saturated heterocycles. The Bertz CT molecular complexity index is 2070. The van der Waals surface area contributed by atoms with Crippen LogP contribution >= 0.6 is 0 Å².